The number of rotatable bonds is 4. The first kappa shape index (κ1) is 14.6. The third-order valence-corrected chi connectivity index (χ3v) is 3.00. The van der Waals surface area contributed by atoms with Gasteiger partial charge in [0, 0.05) is 20.6 Å². The molecule has 6 heteroatoms. The number of guanidine groups is 1. The largest absolute Gasteiger partial charge is 0.493 e. The molecule has 0 heterocycles. The number of methoxy groups -OCH3 is 2. The number of ether oxygens (including phenoxy) is 2. The summed E-state index contributed by atoms with van der Waals surface area (Å²) >= 11 is 3.46. The van der Waals surface area contributed by atoms with Crippen LogP contribution in [0.25, 0.3) is 0 Å². The highest BCUT2D eigenvalue weighted by Crippen LogP contribution is 2.36. The molecule has 5 nitrogen and oxygen atoms in total. The molecule has 0 radical (unpaired) electrons. The van der Waals surface area contributed by atoms with Crippen LogP contribution in [0.5, 0.6) is 11.5 Å². The van der Waals surface area contributed by atoms with Crippen LogP contribution in [-0.4, -0.2) is 34.3 Å². The van der Waals surface area contributed by atoms with E-state index in [2.05, 4.69) is 31.6 Å². The van der Waals surface area contributed by atoms with Gasteiger partial charge in [-0.15, -0.1) is 0 Å². The summed E-state index contributed by atoms with van der Waals surface area (Å²) < 4.78 is 11.4. The fourth-order valence-corrected chi connectivity index (χ4v) is 2.19. The smallest absolute Gasteiger partial charge is 0.190 e. The van der Waals surface area contributed by atoms with Crippen LogP contribution in [0.1, 0.15) is 5.56 Å². The van der Waals surface area contributed by atoms with E-state index in [1.807, 2.05) is 19.2 Å². The van der Waals surface area contributed by atoms with Gasteiger partial charge in [0.2, 0.25) is 0 Å². The van der Waals surface area contributed by atoms with E-state index in [4.69, 9.17) is 9.47 Å². The van der Waals surface area contributed by atoms with Gasteiger partial charge in [-0.1, -0.05) is 0 Å². The Labute approximate surface area is 116 Å². The van der Waals surface area contributed by atoms with Crippen molar-refractivity contribution in [3.63, 3.8) is 0 Å². The van der Waals surface area contributed by atoms with Crippen LogP contribution >= 0.6 is 15.9 Å². The Morgan fingerprint density at radius 3 is 2.56 bits per heavy atom. The van der Waals surface area contributed by atoms with E-state index in [9.17, 15) is 0 Å². The number of hydrogen-bond donors (Lipinski definition) is 2. The highest BCUT2D eigenvalue weighted by molar-refractivity contribution is 9.10. The molecule has 0 aliphatic heterocycles. The summed E-state index contributed by atoms with van der Waals surface area (Å²) in [6.07, 6.45) is 0. The van der Waals surface area contributed by atoms with Crippen molar-refractivity contribution in [1.82, 2.24) is 10.6 Å². The number of aliphatic imine (C=N–C) groups is 1. The van der Waals surface area contributed by atoms with Gasteiger partial charge in [-0.25, -0.2) is 0 Å². The van der Waals surface area contributed by atoms with Gasteiger partial charge in [0.05, 0.1) is 18.7 Å². The first-order valence-electron chi connectivity index (χ1n) is 5.45. The average molecular weight is 316 g/mol. The van der Waals surface area contributed by atoms with Crippen molar-refractivity contribution in [3.8, 4) is 11.5 Å². The highest BCUT2D eigenvalue weighted by Gasteiger charge is 2.10. The van der Waals surface area contributed by atoms with Crippen LogP contribution in [0.4, 0.5) is 0 Å². The Morgan fingerprint density at radius 2 is 2.06 bits per heavy atom. The van der Waals surface area contributed by atoms with Crippen LogP contribution in [0.2, 0.25) is 0 Å². The van der Waals surface area contributed by atoms with Gasteiger partial charge in [0.1, 0.15) is 0 Å². The summed E-state index contributed by atoms with van der Waals surface area (Å²) in [5.74, 6) is 2.13. The SMILES string of the molecule is CN=C(NC)NCc1cc(Br)c(OC)c(OC)c1. The highest BCUT2D eigenvalue weighted by atomic mass is 79.9. The maximum atomic E-state index is 5.29. The Bertz CT molecular complexity index is 436. The molecule has 0 saturated carbocycles. The standard InChI is InChI=1S/C12H18BrN3O2/c1-14-12(15-2)16-7-8-5-9(13)11(18-4)10(6-8)17-3/h5-6H,7H2,1-4H3,(H2,14,15,16). The molecule has 0 spiro atoms. The monoisotopic (exact) mass is 315 g/mol. The molecule has 18 heavy (non-hydrogen) atoms. The fraction of sp³-hybridized carbons (Fsp3) is 0.417. The zero-order chi connectivity index (χ0) is 13.5. The third-order valence-electron chi connectivity index (χ3n) is 2.41. The Kier molecular flexibility index (Phi) is 5.77. The minimum atomic E-state index is 0.645. The van der Waals surface area contributed by atoms with E-state index >= 15 is 0 Å². The van der Waals surface area contributed by atoms with E-state index in [-0.39, 0.29) is 0 Å². The van der Waals surface area contributed by atoms with Gasteiger partial charge in [-0.2, -0.15) is 0 Å². The van der Waals surface area contributed by atoms with Gasteiger partial charge in [0.15, 0.2) is 17.5 Å². The van der Waals surface area contributed by atoms with Crippen molar-refractivity contribution in [1.29, 1.82) is 0 Å². The molecule has 0 amide bonds. The van der Waals surface area contributed by atoms with E-state index in [1.165, 1.54) is 0 Å². The van der Waals surface area contributed by atoms with Crippen molar-refractivity contribution in [3.05, 3.63) is 22.2 Å². The lowest BCUT2D eigenvalue weighted by molar-refractivity contribution is 0.352. The lowest BCUT2D eigenvalue weighted by atomic mass is 10.2. The molecule has 0 unspecified atom stereocenters. The number of benzene rings is 1. The number of nitrogens with one attached hydrogen (secondary N) is 2. The summed E-state index contributed by atoms with van der Waals surface area (Å²) in [4.78, 5) is 4.05. The first-order chi connectivity index (χ1) is 8.65. The molecular formula is C12H18BrN3O2. The van der Waals surface area contributed by atoms with Crippen LogP contribution in [-0.2, 0) is 6.54 Å². The van der Waals surface area contributed by atoms with Crippen LogP contribution in [0.15, 0.2) is 21.6 Å². The van der Waals surface area contributed by atoms with Gasteiger partial charge >= 0.3 is 0 Å². The Morgan fingerprint density at radius 1 is 1.33 bits per heavy atom. The molecule has 0 saturated heterocycles. The van der Waals surface area contributed by atoms with E-state index in [0.29, 0.717) is 18.0 Å². The van der Waals surface area contributed by atoms with E-state index in [1.54, 1.807) is 21.3 Å². The molecule has 1 rings (SSSR count). The summed E-state index contributed by atoms with van der Waals surface area (Å²) in [7, 11) is 6.78. The number of halogens is 1. The van der Waals surface area contributed by atoms with Crippen LogP contribution in [0.3, 0.4) is 0 Å². The quantitative estimate of drug-likeness (QED) is 0.656. The molecule has 0 fully saturated rings. The van der Waals surface area contributed by atoms with Crippen LogP contribution in [0, 0.1) is 0 Å². The van der Waals surface area contributed by atoms with Crippen molar-refractivity contribution < 1.29 is 9.47 Å². The summed E-state index contributed by atoms with van der Waals surface area (Å²) in [6, 6.07) is 3.91. The van der Waals surface area contributed by atoms with Crippen LogP contribution < -0.4 is 20.1 Å². The molecular weight excluding hydrogens is 298 g/mol. The molecule has 1 aromatic carbocycles. The predicted molar refractivity (Wildman–Crippen MR) is 76.5 cm³/mol. The lowest BCUT2D eigenvalue weighted by Crippen LogP contribution is -2.34. The van der Waals surface area contributed by atoms with Crippen molar-refractivity contribution in [2.24, 2.45) is 4.99 Å². The van der Waals surface area contributed by atoms with E-state index < -0.39 is 0 Å². The van der Waals surface area contributed by atoms with Gasteiger partial charge in [-0.05, 0) is 33.6 Å². The maximum absolute atomic E-state index is 5.29. The molecule has 0 aromatic heterocycles. The lowest BCUT2D eigenvalue weighted by Gasteiger charge is -2.13. The first-order valence-corrected chi connectivity index (χ1v) is 6.24. The maximum Gasteiger partial charge on any atom is 0.190 e. The molecule has 1 aromatic rings. The fourth-order valence-electron chi connectivity index (χ4n) is 1.54. The Balaban J connectivity index is 2.88. The number of nitrogens with zero attached hydrogens (tertiary/aromatic N) is 1. The van der Waals surface area contributed by atoms with Gasteiger partial charge in [0.25, 0.3) is 0 Å². The second-order valence-electron chi connectivity index (χ2n) is 3.49. The summed E-state index contributed by atoms with van der Waals surface area (Å²) in [5.41, 5.74) is 1.07. The molecule has 0 atom stereocenters. The molecule has 2 N–H and O–H groups in total. The van der Waals surface area contributed by atoms with Crippen molar-refractivity contribution >= 4 is 21.9 Å². The van der Waals surface area contributed by atoms with Crippen molar-refractivity contribution in [2.75, 3.05) is 28.3 Å². The normalized spacial score (nSPS) is 11.1. The number of hydrogen-bond acceptors (Lipinski definition) is 3. The average Bonchev–Trinajstić information content (AvgIpc) is 2.39. The zero-order valence-corrected chi connectivity index (χ0v) is 12.6. The zero-order valence-electron chi connectivity index (χ0n) is 11.0. The van der Waals surface area contributed by atoms with Gasteiger partial charge in [-0.3, -0.25) is 4.99 Å². The molecule has 0 aliphatic carbocycles. The molecule has 100 valence electrons. The minimum absolute atomic E-state index is 0.645. The van der Waals surface area contributed by atoms with Crippen molar-refractivity contribution in [2.45, 2.75) is 6.54 Å². The van der Waals surface area contributed by atoms with E-state index in [0.717, 1.165) is 16.0 Å². The molecule has 0 aliphatic rings. The summed E-state index contributed by atoms with van der Waals surface area (Å²) in [5, 5.41) is 6.13. The Hall–Kier alpha value is -1.43. The second-order valence-corrected chi connectivity index (χ2v) is 4.34. The summed E-state index contributed by atoms with van der Waals surface area (Å²) in [6.45, 7) is 0.645. The second kappa shape index (κ2) is 7.10. The minimum Gasteiger partial charge on any atom is -0.493 e. The topological polar surface area (TPSA) is 54.9 Å². The van der Waals surface area contributed by atoms with Gasteiger partial charge < -0.3 is 20.1 Å². The predicted octanol–water partition coefficient (Wildman–Crippen LogP) is 1.76. The third kappa shape index (κ3) is 3.53. The molecule has 0 bridgehead atoms.